The molecule has 0 unspecified atom stereocenters. The average Bonchev–Trinajstić information content (AvgIpc) is 3.78. The largest absolute Gasteiger partial charge is 0.307 e. The Morgan fingerprint density at radius 1 is 0.393 bits per heavy atom. The first-order valence-electron chi connectivity index (χ1n) is 18.2. The van der Waals surface area contributed by atoms with Gasteiger partial charge in [0.15, 0.2) is 0 Å². The summed E-state index contributed by atoms with van der Waals surface area (Å²) in [5.74, 6) is 0. The molecule has 6 nitrogen and oxygen atoms in total. The van der Waals surface area contributed by atoms with Crippen LogP contribution in [0.25, 0.3) is 88.4 Å². The number of nitrogens with zero attached hydrogens (tertiary/aromatic N) is 6. The monoisotopic (exact) mass is 712 g/mol. The minimum atomic E-state index is 0.579. The molecule has 0 bridgehead atoms. The summed E-state index contributed by atoms with van der Waals surface area (Å²) in [5, 5.41) is 33.9. The highest BCUT2D eigenvalue weighted by atomic mass is 15.0. The Bertz CT molecular complexity index is 3150. The van der Waals surface area contributed by atoms with Gasteiger partial charge in [-0.2, -0.15) is 15.8 Å². The normalized spacial score (nSPS) is 11.2. The predicted molar refractivity (Wildman–Crippen MR) is 223 cm³/mol. The van der Waals surface area contributed by atoms with E-state index in [1.165, 1.54) is 0 Å². The molecule has 6 heteroatoms. The molecule has 0 amide bonds. The lowest BCUT2D eigenvalue weighted by atomic mass is 9.98. The number of aromatic nitrogens is 3. The molecule has 0 fully saturated rings. The van der Waals surface area contributed by atoms with E-state index in [0.29, 0.717) is 16.7 Å². The average molecular weight is 713 g/mol. The van der Waals surface area contributed by atoms with Crippen molar-refractivity contribution in [2.45, 2.75) is 0 Å². The van der Waals surface area contributed by atoms with Gasteiger partial charge in [0.05, 0.1) is 80.7 Å². The molecule has 0 aliphatic rings. The van der Waals surface area contributed by atoms with Crippen molar-refractivity contribution in [3.63, 3.8) is 0 Å². The molecule has 0 spiro atoms. The molecule has 0 saturated carbocycles. The fraction of sp³-hybridized carbons (Fsp3) is 0. The maximum Gasteiger partial charge on any atom is 0.0998 e. The molecule has 0 saturated heterocycles. The van der Waals surface area contributed by atoms with Crippen LogP contribution in [-0.4, -0.2) is 14.1 Å². The van der Waals surface area contributed by atoms with Gasteiger partial charge in [0.25, 0.3) is 0 Å². The summed E-state index contributed by atoms with van der Waals surface area (Å²) in [5.41, 5.74) is 13.3. The molecule has 0 N–H and O–H groups in total. The van der Waals surface area contributed by atoms with E-state index < -0.39 is 0 Å². The molecule has 3 heterocycles. The SMILES string of the molecule is N#Cc1ccc(-c2c(-n3c4ccccc4c4cc(-c5ccccc5C#N)ccc43)cncc2-n2c3ccccc3c3cc(-c4ccccc4C#N)ccc32)cc1. The van der Waals surface area contributed by atoms with Crippen LogP contribution >= 0.6 is 0 Å². The molecule has 3 aromatic heterocycles. The second-order valence-corrected chi connectivity index (χ2v) is 13.7. The Morgan fingerprint density at radius 2 is 0.821 bits per heavy atom. The first kappa shape index (κ1) is 32.4. The van der Waals surface area contributed by atoms with Crippen LogP contribution < -0.4 is 0 Å². The summed E-state index contributed by atoms with van der Waals surface area (Å²) < 4.78 is 4.55. The van der Waals surface area contributed by atoms with Crippen molar-refractivity contribution in [2.75, 3.05) is 0 Å². The molecule has 258 valence electrons. The molecular weight excluding hydrogens is 685 g/mol. The zero-order chi connectivity index (χ0) is 37.8. The summed E-state index contributed by atoms with van der Waals surface area (Å²) in [6, 6.07) is 59.7. The van der Waals surface area contributed by atoms with Gasteiger partial charge >= 0.3 is 0 Å². The van der Waals surface area contributed by atoms with Gasteiger partial charge in [0.2, 0.25) is 0 Å². The fourth-order valence-corrected chi connectivity index (χ4v) is 8.25. The van der Waals surface area contributed by atoms with Gasteiger partial charge in [-0.05, 0) is 88.5 Å². The van der Waals surface area contributed by atoms with Crippen molar-refractivity contribution < 1.29 is 0 Å². The highest BCUT2D eigenvalue weighted by Crippen LogP contribution is 2.43. The maximum absolute atomic E-state index is 9.92. The lowest BCUT2D eigenvalue weighted by molar-refractivity contribution is 1.09. The van der Waals surface area contributed by atoms with Gasteiger partial charge in [-0.15, -0.1) is 0 Å². The second kappa shape index (κ2) is 13.0. The van der Waals surface area contributed by atoms with E-state index in [-0.39, 0.29) is 0 Å². The van der Waals surface area contributed by atoms with Crippen LogP contribution in [0.1, 0.15) is 16.7 Å². The Morgan fingerprint density at radius 3 is 1.30 bits per heavy atom. The number of benzene rings is 7. The van der Waals surface area contributed by atoms with Crippen molar-refractivity contribution in [1.82, 2.24) is 14.1 Å². The molecule has 10 rings (SSSR count). The van der Waals surface area contributed by atoms with E-state index in [9.17, 15) is 15.8 Å². The molecule has 7 aromatic carbocycles. The van der Waals surface area contributed by atoms with Gasteiger partial charge in [-0.3, -0.25) is 4.98 Å². The molecule has 0 aliphatic heterocycles. The molecule has 0 radical (unpaired) electrons. The summed E-state index contributed by atoms with van der Waals surface area (Å²) in [6.45, 7) is 0. The van der Waals surface area contributed by atoms with E-state index in [2.05, 4.69) is 112 Å². The van der Waals surface area contributed by atoms with E-state index in [1.54, 1.807) is 0 Å². The molecule has 10 aromatic rings. The standard InChI is InChI=1S/C50H28N6/c51-27-32-17-19-33(20-18-32)50-48(55-44-15-7-5-13-40(44)42-25-34(21-23-46(42)55)38-11-3-1-9-36(38)28-52)30-54-31-49(50)56-45-16-8-6-14-41(45)43-26-35(22-24-47(43)56)39-12-4-2-10-37(39)29-53/h1-26,30-31H. The molecule has 0 atom stereocenters. The van der Waals surface area contributed by atoms with Gasteiger partial charge in [-0.25, -0.2) is 0 Å². The number of rotatable bonds is 5. The van der Waals surface area contributed by atoms with Gasteiger partial charge in [-0.1, -0.05) is 97.1 Å². The molecule has 0 aliphatic carbocycles. The summed E-state index contributed by atoms with van der Waals surface area (Å²) in [7, 11) is 0. The number of hydrogen-bond acceptors (Lipinski definition) is 4. The third-order valence-electron chi connectivity index (χ3n) is 10.8. The van der Waals surface area contributed by atoms with Crippen LogP contribution in [0, 0.1) is 34.0 Å². The van der Waals surface area contributed by atoms with Crippen LogP contribution in [0.5, 0.6) is 0 Å². The third-order valence-corrected chi connectivity index (χ3v) is 10.8. The fourth-order valence-electron chi connectivity index (χ4n) is 8.25. The number of hydrogen-bond donors (Lipinski definition) is 0. The topological polar surface area (TPSA) is 94.1 Å². The van der Waals surface area contributed by atoms with Crippen molar-refractivity contribution in [3.8, 4) is 63.0 Å². The molecule has 56 heavy (non-hydrogen) atoms. The van der Waals surface area contributed by atoms with Crippen LogP contribution in [0.2, 0.25) is 0 Å². The Kier molecular flexibility index (Phi) is 7.53. The van der Waals surface area contributed by atoms with Gasteiger partial charge in [0, 0.05) is 27.1 Å². The van der Waals surface area contributed by atoms with Crippen LogP contribution in [0.15, 0.2) is 170 Å². The van der Waals surface area contributed by atoms with Crippen molar-refractivity contribution in [1.29, 1.82) is 15.8 Å². The van der Waals surface area contributed by atoms with Gasteiger partial charge in [0.1, 0.15) is 0 Å². The summed E-state index contributed by atoms with van der Waals surface area (Å²) in [6.07, 6.45) is 3.85. The lowest BCUT2D eigenvalue weighted by Gasteiger charge is -2.19. The lowest BCUT2D eigenvalue weighted by Crippen LogP contribution is -2.05. The first-order valence-corrected chi connectivity index (χ1v) is 18.2. The van der Waals surface area contributed by atoms with Crippen molar-refractivity contribution in [2.24, 2.45) is 0 Å². The zero-order valence-corrected chi connectivity index (χ0v) is 29.8. The highest BCUT2D eigenvalue weighted by molar-refractivity contribution is 6.13. The Hall–Kier alpha value is -8.24. The zero-order valence-electron chi connectivity index (χ0n) is 29.8. The maximum atomic E-state index is 9.92. The number of para-hydroxylation sites is 2. The molecular formula is C50H28N6. The first-order chi connectivity index (χ1) is 27.7. The van der Waals surface area contributed by atoms with Gasteiger partial charge < -0.3 is 9.13 Å². The number of nitriles is 3. The quantitative estimate of drug-likeness (QED) is 0.177. The van der Waals surface area contributed by atoms with E-state index >= 15 is 0 Å². The predicted octanol–water partition coefficient (Wildman–Crippen LogP) is 11.9. The minimum absolute atomic E-state index is 0.579. The summed E-state index contributed by atoms with van der Waals surface area (Å²) >= 11 is 0. The van der Waals surface area contributed by atoms with Crippen LogP contribution in [-0.2, 0) is 0 Å². The van der Waals surface area contributed by atoms with E-state index in [4.69, 9.17) is 4.98 Å². The van der Waals surface area contributed by atoms with Crippen molar-refractivity contribution in [3.05, 3.63) is 187 Å². The summed E-state index contributed by atoms with van der Waals surface area (Å²) in [4.78, 5) is 4.95. The van der Waals surface area contributed by atoms with Crippen LogP contribution in [0.3, 0.4) is 0 Å². The van der Waals surface area contributed by atoms with E-state index in [0.717, 1.165) is 88.4 Å². The van der Waals surface area contributed by atoms with Crippen LogP contribution in [0.4, 0.5) is 0 Å². The van der Waals surface area contributed by atoms with Crippen molar-refractivity contribution >= 4 is 43.6 Å². The minimum Gasteiger partial charge on any atom is -0.307 e. The Balaban J connectivity index is 1.28. The smallest absolute Gasteiger partial charge is 0.0998 e. The number of pyridine rings is 1. The van der Waals surface area contributed by atoms with E-state index in [1.807, 2.05) is 85.2 Å². The third kappa shape index (κ3) is 4.97. The number of fused-ring (bicyclic) bond motifs is 6. The Labute approximate surface area is 322 Å². The second-order valence-electron chi connectivity index (χ2n) is 13.7. The highest BCUT2D eigenvalue weighted by Gasteiger charge is 2.23.